The molecule has 1 N–H and O–H groups in total. The Morgan fingerprint density at radius 1 is 0.946 bits per heavy atom. The highest BCUT2D eigenvalue weighted by atomic mass is 16.2. The summed E-state index contributed by atoms with van der Waals surface area (Å²) in [5, 5.41) is 5.64. The van der Waals surface area contributed by atoms with Crippen LogP contribution in [0.1, 0.15) is 36.3 Å². The molecule has 1 aromatic heterocycles. The zero-order chi connectivity index (χ0) is 26.1. The van der Waals surface area contributed by atoms with E-state index in [1.807, 2.05) is 93.6 Å². The van der Waals surface area contributed by atoms with Crippen molar-refractivity contribution in [2.24, 2.45) is 0 Å². The van der Waals surface area contributed by atoms with Crippen molar-refractivity contribution in [2.45, 2.75) is 33.2 Å². The quantitative estimate of drug-likeness (QED) is 0.296. The fourth-order valence-electron chi connectivity index (χ4n) is 4.97. The van der Waals surface area contributed by atoms with Gasteiger partial charge in [0, 0.05) is 12.4 Å². The maximum atomic E-state index is 13.8. The van der Waals surface area contributed by atoms with Gasteiger partial charge in [0.2, 0.25) is 0 Å². The summed E-state index contributed by atoms with van der Waals surface area (Å²) in [7, 11) is 1.75. The maximum Gasteiger partial charge on any atom is 0.322 e. The van der Waals surface area contributed by atoms with Crippen LogP contribution in [0.25, 0.3) is 27.4 Å². The van der Waals surface area contributed by atoms with E-state index < -0.39 is 6.04 Å². The number of benzene rings is 4. The van der Waals surface area contributed by atoms with Crippen LogP contribution in [0.5, 0.6) is 0 Å². The molecule has 5 rings (SSSR count). The number of aryl methyl sites for hydroxylation is 2. The van der Waals surface area contributed by atoms with Crippen LogP contribution in [0.15, 0.2) is 89.7 Å². The number of amides is 2. The predicted octanol–water partition coefficient (Wildman–Crippen LogP) is 6.77. The van der Waals surface area contributed by atoms with E-state index in [1.165, 1.54) is 0 Å². The normalized spacial score (nSPS) is 12.0. The van der Waals surface area contributed by atoms with E-state index in [-0.39, 0.29) is 11.6 Å². The number of nitrogens with one attached hydrogen (secondary N) is 1. The van der Waals surface area contributed by atoms with Gasteiger partial charge in [0.15, 0.2) is 0 Å². The van der Waals surface area contributed by atoms with Gasteiger partial charge in [0.1, 0.15) is 5.82 Å². The molecule has 4 aromatic carbocycles. The van der Waals surface area contributed by atoms with Gasteiger partial charge in [-0.05, 0) is 55.5 Å². The number of para-hydroxylation sites is 1. The summed E-state index contributed by atoms with van der Waals surface area (Å²) < 4.78 is 1.67. The first-order valence-corrected chi connectivity index (χ1v) is 12.5. The molecule has 6 nitrogen and oxygen atoms in total. The van der Waals surface area contributed by atoms with Crippen molar-refractivity contribution in [3.8, 4) is 5.69 Å². The largest absolute Gasteiger partial charge is 0.322 e. The summed E-state index contributed by atoms with van der Waals surface area (Å²) in [6.45, 7) is 6.02. The number of aromatic nitrogens is 2. The molecule has 0 bridgehead atoms. The van der Waals surface area contributed by atoms with Gasteiger partial charge in [-0.3, -0.25) is 9.36 Å². The van der Waals surface area contributed by atoms with Gasteiger partial charge in [0.05, 0.1) is 28.3 Å². The van der Waals surface area contributed by atoms with Crippen LogP contribution in [0.4, 0.5) is 10.5 Å². The van der Waals surface area contributed by atoms with Crippen LogP contribution in [-0.4, -0.2) is 27.5 Å². The zero-order valence-electron chi connectivity index (χ0n) is 21.5. The molecular weight excluding hydrogens is 460 g/mol. The minimum Gasteiger partial charge on any atom is -0.317 e. The zero-order valence-corrected chi connectivity index (χ0v) is 21.5. The number of urea groups is 1. The summed E-state index contributed by atoms with van der Waals surface area (Å²) in [4.78, 5) is 34.0. The van der Waals surface area contributed by atoms with Gasteiger partial charge in [-0.25, -0.2) is 9.78 Å². The van der Waals surface area contributed by atoms with Crippen molar-refractivity contribution in [1.82, 2.24) is 14.5 Å². The first-order chi connectivity index (χ1) is 17.9. The molecule has 186 valence electrons. The first-order valence-electron chi connectivity index (χ1n) is 12.5. The number of fused-ring (bicyclic) bond motifs is 2. The number of carbonyl (C=O) groups excluding carboxylic acids is 1. The highest BCUT2D eigenvalue weighted by Crippen LogP contribution is 2.28. The molecule has 0 aliphatic carbocycles. The van der Waals surface area contributed by atoms with Gasteiger partial charge in [-0.1, -0.05) is 73.2 Å². The van der Waals surface area contributed by atoms with Crippen LogP contribution < -0.4 is 10.9 Å². The Balaban J connectivity index is 1.61. The van der Waals surface area contributed by atoms with Gasteiger partial charge < -0.3 is 10.2 Å². The third-order valence-electron chi connectivity index (χ3n) is 6.90. The second-order valence-electron chi connectivity index (χ2n) is 9.41. The van der Waals surface area contributed by atoms with Crippen LogP contribution in [0.3, 0.4) is 0 Å². The summed E-state index contributed by atoms with van der Waals surface area (Å²) >= 11 is 0. The van der Waals surface area contributed by atoms with Crippen LogP contribution in [0, 0.1) is 13.8 Å². The molecule has 1 heterocycles. The van der Waals surface area contributed by atoms with Crippen molar-refractivity contribution < 1.29 is 4.79 Å². The smallest absolute Gasteiger partial charge is 0.317 e. The summed E-state index contributed by atoms with van der Waals surface area (Å²) in [6.07, 6.45) is 0.579. The molecule has 0 fully saturated rings. The Hall–Kier alpha value is -4.45. The SMILES string of the molecule is CCC(c1nc2ccccc2c(=O)n1-c1ccc(C)cc1C)N(C)C(=O)Nc1cccc2ccccc12. The fraction of sp³-hybridized carbons (Fsp3) is 0.194. The van der Waals surface area contributed by atoms with Crippen molar-refractivity contribution in [2.75, 3.05) is 12.4 Å². The highest BCUT2D eigenvalue weighted by Gasteiger charge is 2.27. The minimum absolute atomic E-state index is 0.145. The van der Waals surface area contributed by atoms with Gasteiger partial charge in [0.25, 0.3) is 5.56 Å². The first kappa shape index (κ1) is 24.3. The molecule has 0 radical (unpaired) electrons. The van der Waals surface area contributed by atoms with E-state index in [2.05, 4.69) is 11.4 Å². The average molecular weight is 491 g/mol. The summed E-state index contributed by atoms with van der Waals surface area (Å²) in [6, 6.07) is 26.4. The molecule has 1 atom stereocenters. The average Bonchev–Trinajstić information content (AvgIpc) is 2.90. The van der Waals surface area contributed by atoms with E-state index >= 15 is 0 Å². The van der Waals surface area contributed by atoms with Crippen LogP contribution in [-0.2, 0) is 0 Å². The molecule has 0 aliphatic heterocycles. The molecule has 37 heavy (non-hydrogen) atoms. The second kappa shape index (κ2) is 9.90. The lowest BCUT2D eigenvalue weighted by atomic mass is 10.1. The monoisotopic (exact) mass is 490 g/mol. The lowest BCUT2D eigenvalue weighted by Gasteiger charge is -2.29. The number of hydrogen-bond donors (Lipinski definition) is 1. The number of rotatable bonds is 5. The van der Waals surface area contributed by atoms with Crippen LogP contribution in [0.2, 0.25) is 0 Å². The highest BCUT2D eigenvalue weighted by molar-refractivity contribution is 6.01. The van der Waals surface area contributed by atoms with Crippen molar-refractivity contribution in [1.29, 1.82) is 0 Å². The van der Waals surface area contributed by atoms with E-state index in [0.717, 1.165) is 33.3 Å². The third-order valence-corrected chi connectivity index (χ3v) is 6.90. The Kier molecular flexibility index (Phi) is 6.49. The second-order valence-corrected chi connectivity index (χ2v) is 9.41. The third kappa shape index (κ3) is 4.47. The van der Waals surface area contributed by atoms with Crippen molar-refractivity contribution in [3.05, 3.63) is 112 Å². The minimum atomic E-state index is -0.437. The molecule has 0 saturated heterocycles. The van der Waals surface area contributed by atoms with Gasteiger partial charge >= 0.3 is 6.03 Å². The molecular formula is C31H30N4O2. The lowest BCUT2D eigenvalue weighted by molar-refractivity contribution is 0.199. The molecule has 1 unspecified atom stereocenters. The topological polar surface area (TPSA) is 67.2 Å². The molecule has 0 saturated carbocycles. The molecule has 6 heteroatoms. The van der Waals surface area contributed by atoms with Crippen molar-refractivity contribution >= 4 is 33.4 Å². The number of nitrogens with zero attached hydrogens (tertiary/aromatic N) is 3. The van der Waals surface area contributed by atoms with E-state index in [0.29, 0.717) is 23.1 Å². The van der Waals surface area contributed by atoms with Gasteiger partial charge in [-0.15, -0.1) is 0 Å². The molecule has 0 spiro atoms. The molecule has 2 amide bonds. The Bertz CT molecular complexity index is 1680. The van der Waals surface area contributed by atoms with E-state index in [1.54, 1.807) is 22.6 Å². The Morgan fingerprint density at radius 2 is 1.65 bits per heavy atom. The Labute approximate surface area is 216 Å². The molecule has 5 aromatic rings. The van der Waals surface area contributed by atoms with Crippen molar-refractivity contribution in [3.63, 3.8) is 0 Å². The van der Waals surface area contributed by atoms with E-state index in [9.17, 15) is 9.59 Å². The Morgan fingerprint density at radius 3 is 2.41 bits per heavy atom. The summed E-state index contributed by atoms with van der Waals surface area (Å²) in [5.74, 6) is 0.536. The lowest BCUT2D eigenvalue weighted by Crippen LogP contribution is -2.38. The standard InChI is InChI=1S/C31H30N4O2/c1-5-27(34(4)31(37)33-25-16-10-12-22-11-6-7-13-23(22)25)29-32-26-15-9-8-14-24(26)30(36)35(29)28-18-17-20(2)19-21(28)3/h6-19,27H,5H2,1-4H3,(H,33,37). The maximum absolute atomic E-state index is 13.8. The van der Waals surface area contributed by atoms with Crippen LogP contribution >= 0.6 is 0 Å². The number of hydrogen-bond acceptors (Lipinski definition) is 3. The number of anilines is 1. The van der Waals surface area contributed by atoms with Gasteiger partial charge in [-0.2, -0.15) is 0 Å². The van der Waals surface area contributed by atoms with E-state index in [4.69, 9.17) is 4.98 Å². The fourth-order valence-corrected chi connectivity index (χ4v) is 4.97. The predicted molar refractivity (Wildman–Crippen MR) is 151 cm³/mol. The number of carbonyl (C=O) groups is 1. The molecule has 0 aliphatic rings. The summed E-state index contributed by atoms with van der Waals surface area (Å²) in [5.41, 5.74) is 4.06.